The predicted octanol–water partition coefficient (Wildman–Crippen LogP) is 3.60. The minimum absolute atomic E-state index is 0.330. The predicted molar refractivity (Wildman–Crippen MR) is 77.2 cm³/mol. The fourth-order valence-electron chi connectivity index (χ4n) is 2.18. The molecule has 0 saturated heterocycles. The molecule has 0 heterocycles. The quantitative estimate of drug-likeness (QED) is 0.887. The van der Waals surface area contributed by atoms with Crippen LogP contribution < -0.4 is 0 Å². The summed E-state index contributed by atoms with van der Waals surface area (Å²) in [6.45, 7) is 3.37. The molecule has 1 atom stereocenters. The van der Waals surface area contributed by atoms with E-state index in [-0.39, 0.29) is 0 Å². The molecule has 1 unspecified atom stereocenters. The van der Waals surface area contributed by atoms with E-state index in [1.165, 1.54) is 10.9 Å². The third kappa shape index (κ3) is 3.02. The van der Waals surface area contributed by atoms with Crippen molar-refractivity contribution in [1.29, 1.82) is 0 Å². The van der Waals surface area contributed by atoms with Gasteiger partial charge in [0.15, 0.2) is 0 Å². The normalized spacial score (nSPS) is 13.1. The van der Waals surface area contributed by atoms with E-state index in [0.717, 1.165) is 18.4 Å². The van der Waals surface area contributed by atoms with Crippen LogP contribution in [0, 0.1) is 0 Å². The number of rotatable bonds is 4. The van der Waals surface area contributed by atoms with Crippen molar-refractivity contribution in [3.8, 4) is 5.75 Å². The van der Waals surface area contributed by atoms with E-state index < -0.39 is 0 Å². The summed E-state index contributed by atoms with van der Waals surface area (Å²) >= 11 is 0. The molecule has 2 aromatic rings. The number of nitrogens with zero attached hydrogens (tertiary/aromatic N) is 1. The molecule has 0 amide bonds. The fraction of sp³-hybridized carbons (Fsp3) is 0.375. The molecule has 0 bridgehead atoms. The molecule has 18 heavy (non-hydrogen) atoms. The summed E-state index contributed by atoms with van der Waals surface area (Å²) in [6.07, 6.45) is 1.16. The van der Waals surface area contributed by atoms with Crippen molar-refractivity contribution in [2.45, 2.75) is 19.3 Å². The molecule has 0 aromatic heterocycles. The zero-order valence-electron chi connectivity index (χ0n) is 11.4. The first-order valence-corrected chi connectivity index (χ1v) is 6.43. The molecular formula is C16H21NO. The van der Waals surface area contributed by atoms with Gasteiger partial charge in [-0.1, -0.05) is 31.2 Å². The summed E-state index contributed by atoms with van der Waals surface area (Å²) in [4.78, 5) is 2.22. The van der Waals surface area contributed by atoms with Crippen LogP contribution in [-0.4, -0.2) is 30.6 Å². The highest BCUT2D eigenvalue weighted by atomic mass is 16.3. The second kappa shape index (κ2) is 5.40. The van der Waals surface area contributed by atoms with Crippen molar-refractivity contribution in [3.05, 3.63) is 42.0 Å². The number of aromatic hydroxyl groups is 1. The third-order valence-electron chi connectivity index (χ3n) is 3.43. The Morgan fingerprint density at radius 2 is 1.72 bits per heavy atom. The molecule has 2 nitrogen and oxygen atoms in total. The Labute approximate surface area is 109 Å². The second-order valence-electron chi connectivity index (χ2n) is 5.28. The van der Waals surface area contributed by atoms with Crippen LogP contribution in [0.4, 0.5) is 0 Å². The van der Waals surface area contributed by atoms with Crippen LogP contribution in [0.15, 0.2) is 36.4 Å². The second-order valence-corrected chi connectivity index (χ2v) is 5.28. The molecule has 96 valence electrons. The van der Waals surface area contributed by atoms with Crippen LogP contribution in [0.5, 0.6) is 5.75 Å². The van der Waals surface area contributed by atoms with E-state index in [0.29, 0.717) is 11.7 Å². The van der Waals surface area contributed by atoms with Gasteiger partial charge >= 0.3 is 0 Å². The summed E-state index contributed by atoms with van der Waals surface area (Å²) in [7, 11) is 4.21. The average molecular weight is 243 g/mol. The average Bonchev–Trinajstić information content (AvgIpc) is 2.35. The largest absolute Gasteiger partial charge is 0.508 e. The van der Waals surface area contributed by atoms with Crippen molar-refractivity contribution >= 4 is 10.8 Å². The van der Waals surface area contributed by atoms with Crippen LogP contribution in [0.2, 0.25) is 0 Å². The number of benzene rings is 2. The van der Waals surface area contributed by atoms with E-state index in [1.54, 1.807) is 6.07 Å². The van der Waals surface area contributed by atoms with E-state index in [9.17, 15) is 5.11 Å². The fourth-order valence-corrected chi connectivity index (χ4v) is 2.18. The Bertz CT molecular complexity index is 534. The van der Waals surface area contributed by atoms with E-state index in [1.807, 2.05) is 12.1 Å². The van der Waals surface area contributed by atoms with Crippen LogP contribution >= 0.6 is 0 Å². The van der Waals surface area contributed by atoms with Crippen molar-refractivity contribution in [3.63, 3.8) is 0 Å². The molecule has 1 N–H and O–H groups in total. The van der Waals surface area contributed by atoms with Crippen LogP contribution in [0.25, 0.3) is 10.8 Å². The van der Waals surface area contributed by atoms with Gasteiger partial charge in [-0.2, -0.15) is 0 Å². The lowest BCUT2D eigenvalue weighted by molar-refractivity contribution is 0.386. The first kappa shape index (κ1) is 12.9. The van der Waals surface area contributed by atoms with E-state index >= 15 is 0 Å². The topological polar surface area (TPSA) is 23.5 Å². The number of phenolic OH excluding ortho intramolecular Hbond substituents is 1. The number of hydrogen-bond donors (Lipinski definition) is 1. The van der Waals surface area contributed by atoms with Crippen molar-refractivity contribution in [2.24, 2.45) is 0 Å². The molecule has 0 saturated carbocycles. The number of fused-ring (bicyclic) bond motifs is 1. The molecule has 0 fully saturated rings. The lowest BCUT2D eigenvalue weighted by Crippen LogP contribution is -2.15. The monoisotopic (exact) mass is 243 g/mol. The van der Waals surface area contributed by atoms with Gasteiger partial charge in [0.2, 0.25) is 0 Å². The molecule has 2 rings (SSSR count). The highest BCUT2D eigenvalue weighted by molar-refractivity contribution is 5.84. The van der Waals surface area contributed by atoms with Gasteiger partial charge in [0, 0.05) is 0 Å². The molecule has 0 radical (unpaired) electrons. The third-order valence-corrected chi connectivity index (χ3v) is 3.43. The maximum Gasteiger partial charge on any atom is 0.116 e. The van der Waals surface area contributed by atoms with Crippen molar-refractivity contribution in [1.82, 2.24) is 4.90 Å². The van der Waals surface area contributed by atoms with Crippen molar-refractivity contribution < 1.29 is 5.11 Å². The lowest BCUT2D eigenvalue weighted by atomic mass is 9.95. The van der Waals surface area contributed by atoms with Crippen LogP contribution in [0.1, 0.15) is 24.8 Å². The van der Waals surface area contributed by atoms with Crippen LogP contribution in [0.3, 0.4) is 0 Å². The zero-order chi connectivity index (χ0) is 13.1. The van der Waals surface area contributed by atoms with Gasteiger partial charge in [0.05, 0.1) is 0 Å². The lowest BCUT2D eigenvalue weighted by Gasteiger charge is -2.16. The van der Waals surface area contributed by atoms with Gasteiger partial charge in [0.25, 0.3) is 0 Å². The summed E-state index contributed by atoms with van der Waals surface area (Å²) in [5.74, 6) is 0.890. The molecule has 0 aliphatic carbocycles. The standard InChI is InChI=1S/C16H21NO/c1-12(8-9-17(2)3)13-4-5-15-11-16(18)7-6-14(15)10-13/h4-7,10-12,18H,8-9H2,1-3H3. The summed E-state index contributed by atoms with van der Waals surface area (Å²) in [5.41, 5.74) is 1.37. The van der Waals surface area contributed by atoms with E-state index in [2.05, 4.69) is 44.1 Å². The number of hydrogen-bond acceptors (Lipinski definition) is 2. The Morgan fingerprint density at radius 3 is 2.44 bits per heavy atom. The van der Waals surface area contributed by atoms with Gasteiger partial charge in [0.1, 0.15) is 5.75 Å². The Kier molecular flexibility index (Phi) is 3.87. The Balaban J connectivity index is 2.21. The molecule has 0 spiro atoms. The zero-order valence-corrected chi connectivity index (χ0v) is 11.4. The molecule has 2 heteroatoms. The summed E-state index contributed by atoms with van der Waals surface area (Å²) in [5, 5.41) is 11.7. The maximum atomic E-state index is 9.45. The first-order valence-electron chi connectivity index (χ1n) is 6.43. The van der Waals surface area contributed by atoms with E-state index in [4.69, 9.17) is 0 Å². The molecule has 0 aliphatic heterocycles. The highest BCUT2D eigenvalue weighted by Crippen LogP contribution is 2.26. The van der Waals surface area contributed by atoms with Gasteiger partial charge in [-0.15, -0.1) is 0 Å². The Hall–Kier alpha value is -1.54. The summed E-state index contributed by atoms with van der Waals surface area (Å²) in [6, 6.07) is 12.0. The summed E-state index contributed by atoms with van der Waals surface area (Å²) < 4.78 is 0. The molecule has 0 aliphatic rings. The highest BCUT2D eigenvalue weighted by Gasteiger charge is 2.07. The minimum Gasteiger partial charge on any atom is -0.508 e. The van der Waals surface area contributed by atoms with Gasteiger partial charge in [-0.05, 0) is 61.4 Å². The molecule has 2 aromatic carbocycles. The first-order chi connectivity index (χ1) is 8.56. The Morgan fingerprint density at radius 1 is 1.06 bits per heavy atom. The molecular weight excluding hydrogens is 222 g/mol. The van der Waals surface area contributed by atoms with Gasteiger partial charge in [-0.3, -0.25) is 0 Å². The smallest absolute Gasteiger partial charge is 0.116 e. The maximum absolute atomic E-state index is 9.45. The minimum atomic E-state index is 0.330. The van der Waals surface area contributed by atoms with Crippen LogP contribution in [-0.2, 0) is 0 Å². The number of phenols is 1. The van der Waals surface area contributed by atoms with Gasteiger partial charge in [-0.25, -0.2) is 0 Å². The van der Waals surface area contributed by atoms with Gasteiger partial charge < -0.3 is 10.0 Å². The SMILES string of the molecule is CC(CCN(C)C)c1ccc2cc(O)ccc2c1. The van der Waals surface area contributed by atoms with Crippen molar-refractivity contribution in [2.75, 3.05) is 20.6 Å².